The molecule has 3 fully saturated rings. The van der Waals surface area contributed by atoms with E-state index in [1.54, 1.807) is 38.6 Å². The van der Waals surface area contributed by atoms with Crippen molar-refractivity contribution < 1.29 is 63.5 Å². The number of nitrogens with zero attached hydrogens (tertiary/aromatic N) is 6. The quantitative estimate of drug-likeness (QED) is 0.107. The number of ether oxygens (including phenoxy) is 5. The fourth-order valence-corrected chi connectivity index (χ4v) is 12.3. The molecule has 418 valence electrons. The summed E-state index contributed by atoms with van der Waals surface area (Å²) < 4.78 is 39.4. The first-order valence-electron chi connectivity index (χ1n) is 27.0. The number of esters is 1. The van der Waals surface area contributed by atoms with Gasteiger partial charge in [0.25, 0.3) is 0 Å². The minimum Gasteiger partial charge on any atom is -0.459 e. The Hall–Kier alpha value is -3.44. The molecule has 19 nitrogen and oxygen atoms in total. The topological polar surface area (TPSA) is 248 Å². The van der Waals surface area contributed by atoms with Crippen molar-refractivity contribution in [2.45, 2.75) is 211 Å². The molecule has 1 aromatic carbocycles. The molecule has 19 atom stereocenters. The number of oxazole rings is 1. The normalized spacial score (nSPS) is 38.8. The lowest BCUT2D eigenvalue weighted by Gasteiger charge is -2.51. The fraction of sp³-hybridized carbons (Fsp3) is 0.782. The Morgan fingerprint density at radius 1 is 0.973 bits per heavy atom. The molecule has 3 aliphatic rings. The number of aryl methyl sites for hydroxylation is 1. The number of benzene rings is 1. The van der Waals surface area contributed by atoms with E-state index < -0.39 is 102 Å². The van der Waals surface area contributed by atoms with E-state index in [4.69, 9.17) is 28.1 Å². The van der Waals surface area contributed by atoms with Crippen LogP contribution in [-0.4, -0.2) is 191 Å². The summed E-state index contributed by atoms with van der Waals surface area (Å²) in [4.78, 5) is 22.6. The Labute approximate surface area is 438 Å². The minimum atomic E-state index is -1.82. The van der Waals surface area contributed by atoms with Crippen LogP contribution in [0, 0.1) is 23.7 Å². The second kappa shape index (κ2) is 25.4. The second-order valence-corrected chi connectivity index (χ2v) is 23.0. The van der Waals surface area contributed by atoms with Crippen LogP contribution in [0.25, 0.3) is 11.3 Å². The van der Waals surface area contributed by atoms with Crippen LogP contribution in [0.4, 0.5) is 0 Å². The van der Waals surface area contributed by atoms with E-state index in [0.29, 0.717) is 32.4 Å². The number of aliphatic hydroxyl groups is 6. The average molecular weight is 1040 g/mol. The van der Waals surface area contributed by atoms with Crippen LogP contribution in [0.2, 0.25) is 0 Å². The Bertz CT molecular complexity index is 2180. The number of hydrogen-bond acceptors (Lipinski definition) is 18. The summed E-state index contributed by atoms with van der Waals surface area (Å²) in [7, 11) is 5.32. The molecule has 3 aromatic rings. The molecule has 0 radical (unpaired) electrons. The number of aromatic nitrogens is 4. The molecule has 2 aromatic heterocycles. The van der Waals surface area contributed by atoms with E-state index in [2.05, 4.69) is 32.3 Å². The van der Waals surface area contributed by atoms with Crippen LogP contribution in [0.5, 0.6) is 0 Å². The number of cyclic esters (lactones) is 1. The van der Waals surface area contributed by atoms with Gasteiger partial charge in [0.1, 0.15) is 30.0 Å². The van der Waals surface area contributed by atoms with Crippen LogP contribution in [-0.2, 0) is 41.3 Å². The van der Waals surface area contributed by atoms with Crippen LogP contribution in [0.15, 0.2) is 47.5 Å². The van der Waals surface area contributed by atoms with Gasteiger partial charge in [0, 0.05) is 62.8 Å². The summed E-state index contributed by atoms with van der Waals surface area (Å²) in [6, 6.07) is 6.95. The lowest BCUT2D eigenvalue weighted by molar-refractivity contribution is -0.302. The molecule has 6 rings (SSSR count). The standard InChI is InChI=1S/C55H90N6O13/c1-14-45-55(10,68)48(64)36(6)60(12)28-32(2)25-53(8,67)50(34(4)46(35(5)51(66)73-45)43-26-54(9,69-13)49(65)37(7)72-43)74-52-47(63)42(24-33(3)71-52)59(11)23-22-40-29-61(58-57-40)41(30-62)17-15-16-38-18-20-39(21-19-38)44-27-56-31-70-44/h18-21,27,29,31-37,41-43,45-50,52,62-65,67-68H,14-17,22-26,28,30H2,1-13H3/t32-,33-,34+,35-,36-,37+,41+,42+,43?,45-,46+,47-,48-,49+,50-,52+,53-,54-,55-/m1/s1. The first-order valence-corrected chi connectivity index (χ1v) is 27.0. The van der Waals surface area contributed by atoms with E-state index in [0.717, 1.165) is 29.9 Å². The van der Waals surface area contributed by atoms with Crippen molar-refractivity contribution in [1.29, 1.82) is 0 Å². The van der Waals surface area contributed by atoms with Gasteiger partial charge in [-0.1, -0.05) is 57.2 Å². The number of rotatable bonds is 16. The van der Waals surface area contributed by atoms with Gasteiger partial charge in [-0.2, -0.15) is 0 Å². The van der Waals surface area contributed by atoms with Crippen LogP contribution < -0.4 is 0 Å². The fourth-order valence-electron chi connectivity index (χ4n) is 12.3. The minimum absolute atomic E-state index is 0.0821. The van der Waals surface area contributed by atoms with Crippen molar-refractivity contribution in [3.05, 3.63) is 54.3 Å². The Morgan fingerprint density at radius 3 is 2.31 bits per heavy atom. The highest BCUT2D eigenvalue weighted by molar-refractivity contribution is 5.73. The molecule has 0 bridgehead atoms. The SMILES string of the molecule is CC[C@H]1OC(=O)[C@H](C)[C@@H](C2C[C@@](C)(OC)[C@@H](O)[C@H](C)O2)[C@H](C)[C@@H](O[C@@H]2O[C@H](C)C[C@H](N(C)CCc3cn([C@H](CO)CCCc4ccc(-c5cnco5)cc4)nn3)[C@H]2O)[C@](C)(O)C[C@@H](C)CN(C)[C@H](C)[C@@H](O)[C@]1(C)O. The molecule has 6 N–H and O–H groups in total. The summed E-state index contributed by atoms with van der Waals surface area (Å²) in [5.74, 6) is -2.45. The Balaban J connectivity index is 1.21. The third-order valence-corrected chi connectivity index (χ3v) is 17.0. The summed E-state index contributed by atoms with van der Waals surface area (Å²) in [5.41, 5.74) is -1.59. The maximum Gasteiger partial charge on any atom is 0.309 e. The average Bonchev–Trinajstić information content (AvgIpc) is 4.08. The summed E-state index contributed by atoms with van der Waals surface area (Å²) in [6.07, 6.45) is 0.424. The predicted molar refractivity (Wildman–Crippen MR) is 276 cm³/mol. The number of carbonyl (C=O) groups excluding carboxylic acids is 1. The highest BCUT2D eigenvalue weighted by Crippen LogP contribution is 2.45. The van der Waals surface area contributed by atoms with E-state index in [1.807, 2.05) is 71.9 Å². The molecule has 3 aliphatic heterocycles. The number of carbonyl (C=O) groups is 1. The highest BCUT2D eigenvalue weighted by atomic mass is 16.7. The number of hydrogen-bond donors (Lipinski definition) is 6. The van der Waals surface area contributed by atoms with Gasteiger partial charge in [-0.25, -0.2) is 9.67 Å². The smallest absolute Gasteiger partial charge is 0.309 e. The summed E-state index contributed by atoms with van der Waals surface area (Å²) >= 11 is 0. The molecule has 5 heterocycles. The molecule has 0 spiro atoms. The van der Waals surface area contributed by atoms with Crippen molar-refractivity contribution in [2.24, 2.45) is 23.7 Å². The third-order valence-electron chi connectivity index (χ3n) is 17.0. The van der Waals surface area contributed by atoms with Crippen LogP contribution in [0.3, 0.4) is 0 Å². The zero-order valence-corrected chi connectivity index (χ0v) is 46.3. The highest BCUT2D eigenvalue weighted by Gasteiger charge is 2.55. The molecule has 0 saturated carbocycles. The summed E-state index contributed by atoms with van der Waals surface area (Å²) in [5, 5.41) is 79.4. The molecular weight excluding hydrogens is 953 g/mol. The van der Waals surface area contributed by atoms with E-state index in [-0.39, 0.29) is 43.9 Å². The summed E-state index contributed by atoms with van der Waals surface area (Å²) in [6.45, 7) is 18.8. The van der Waals surface area contributed by atoms with Crippen molar-refractivity contribution in [1.82, 2.24) is 29.8 Å². The third kappa shape index (κ3) is 13.8. The van der Waals surface area contributed by atoms with Crippen molar-refractivity contribution >= 4 is 5.97 Å². The number of aliphatic hydroxyl groups excluding tert-OH is 4. The number of methoxy groups -OCH3 is 1. The van der Waals surface area contributed by atoms with E-state index in [9.17, 15) is 35.4 Å². The van der Waals surface area contributed by atoms with Gasteiger partial charge in [0.2, 0.25) is 0 Å². The van der Waals surface area contributed by atoms with Gasteiger partial charge in [-0.15, -0.1) is 5.10 Å². The monoisotopic (exact) mass is 1040 g/mol. The van der Waals surface area contributed by atoms with E-state index >= 15 is 0 Å². The van der Waals surface area contributed by atoms with Gasteiger partial charge in [-0.3, -0.25) is 4.79 Å². The zero-order valence-electron chi connectivity index (χ0n) is 46.3. The number of likely N-dealkylation sites (N-methyl/N-ethyl adjacent to an activating group) is 2. The zero-order chi connectivity index (χ0) is 54.4. The van der Waals surface area contributed by atoms with Crippen molar-refractivity contribution in [3.8, 4) is 11.3 Å². The van der Waals surface area contributed by atoms with Gasteiger partial charge in [0.15, 0.2) is 18.4 Å². The lowest BCUT2D eigenvalue weighted by atomic mass is 9.68. The first-order chi connectivity index (χ1) is 34.8. The first kappa shape index (κ1) is 59.8. The Morgan fingerprint density at radius 2 is 1.68 bits per heavy atom. The maximum absolute atomic E-state index is 14.6. The van der Waals surface area contributed by atoms with Crippen LogP contribution in [0.1, 0.15) is 125 Å². The molecular formula is C55H90N6O13. The van der Waals surface area contributed by atoms with Crippen molar-refractivity contribution in [2.75, 3.05) is 40.9 Å². The molecule has 0 amide bonds. The lowest BCUT2D eigenvalue weighted by Crippen LogP contribution is -2.62. The molecule has 19 heteroatoms. The van der Waals surface area contributed by atoms with Gasteiger partial charge in [0.05, 0.1) is 66.1 Å². The van der Waals surface area contributed by atoms with Gasteiger partial charge >= 0.3 is 5.97 Å². The largest absolute Gasteiger partial charge is 0.459 e. The van der Waals surface area contributed by atoms with Crippen molar-refractivity contribution in [3.63, 3.8) is 0 Å². The second-order valence-electron chi connectivity index (χ2n) is 23.0. The predicted octanol–water partition coefficient (Wildman–Crippen LogP) is 4.59. The maximum atomic E-state index is 14.6. The Kier molecular flexibility index (Phi) is 20.5. The molecule has 3 saturated heterocycles. The van der Waals surface area contributed by atoms with Gasteiger partial charge in [-0.05, 0) is 112 Å². The van der Waals surface area contributed by atoms with E-state index in [1.165, 1.54) is 26.0 Å². The molecule has 74 heavy (non-hydrogen) atoms. The molecule has 0 aliphatic carbocycles. The van der Waals surface area contributed by atoms with Crippen LogP contribution >= 0.6 is 0 Å². The molecule has 1 unspecified atom stereocenters. The van der Waals surface area contributed by atoms with Gasteiger partial charge < -0.3 is 68.5 Å².